The molecule has 0 spiro atoms. The number of ether oxygens (including phenoxy) is 1. The van der Waals surface area contributed by atoms with Crippen molar-refractivity contribution < 1.29 is 39.5 Å². The minimum absolute atomic E-state index is 0.0160. The molecule has 108 valence electrons. The van der Waals surface area contributed by atoms with E-state index in [0.717, 1.165) is 0 Å². The van der Waals surface area contributed by atoms with Crippen LogP contribution in [0.5, 0.6) is 5.75 Å². The molecule has 0 radical (unpaired) electrons. The number of sulfonamides is 1. The molecule has 0 aliphatic heterocycles. The van der Waals surface area contributed by atoms with Gasteiger partial charge in [-0.15, -0.1) is 13.2 Å². The van der Waals surface area contributed by atoms with E-state index in [9.17, 15) is 34.8 Å². The van der Waals surface area contributed by atoms with Gasteiger partial charge in [-0.2, -0.15) is 13.2 Å². The zero-order valence-electron chi connectivity index (χ0n) is 8.71. The second-order valence-electron chi connectivity index (χ2n) is 3.28. The molecular weight excluding hydrogens is 304 g/mol. The van der Waals surface area contributed by atoms with E-state index in [1.54, 1.807) is 0 Å². The Morgan fingerprint density at radius 2 is 1.53 bits per heavy atom. The van der Waals surface area contributed by atoms with Gasteiger partial charge in [0.15, 0.2) is 0 Å². The van der Waals surface area contributed by atoms with E-state index in [-0.39, 0.29) is 18.2 Å². The van der Waals surface area contributed by atoms with E-state index in [4.69, 9.17) is 0 Å². The first kappa shape index (κ1) is 15.6. The third kappa shape index (κ3) is 4.59. The number of nitrogens with two attached hydrogens (primary N) is 1. The Labute approximate surface area is 102 Å². The van der Waals surface area contributed by atoms with Gasteiger partial charge in [0.05, 0.1) is 10.5 Å². The number of halogens is 6. The molecule has 1 aromatic carbocycles. The molecule has 1 rings (SSSR count). The maximum atomic E-state index is 12.4. The molecule has 4 nitrogen and oxygen atoms in total. The summed E-state index contributed by atoms with van der Waals surface area (Å²) in [5.74, 6) is -1.33. The third-order valence-electron chi connectivity index (χ3n) is 1.77. The van der Waals surface area contributed by atoms with Crippen molar-refractivity contribution in [3.05, 3.63) is 23.8 Å². The number of rotatable bonds is 2. The third-order valence-corrected chi connectivity index (χ3v) is 2.66. The number of alkyl halides is 6. The smallest absolute Gasteiger partial charge is 0.406 e. The molecule has 0 heterocycles. The molecular formula is C8H5F6NO3S. The van der Waals surface area contributed by atoms with Crippen molar-refractivity contribution in [2.45, 2.75) is 17.4 Å². The van der Waals surface area contributed by atoms with Gasteiger partial charge >= 0.3 is 12.5 Å². The molecule has 1 aromatic rings. The predicted octanol–water partition coefficient (Wildman–Crippen LogP) is 2.25. The summed E-state index contributed by atoms with van der Waals surface area (Å²) in [4.78, 5) is -1.14. The number of hydrogen-bond acceptors (Lipinski definition) is 3. The lowest BCUT2D eigenvalue weighted by atomic mass is 10.2. The second-order valence-corrected chi connectivity index (χ2v) is 4.85. The monoisotopic (exact) mass is 309 g/mol. The lowest BCUT2D eigenvalue weighted by Gasteiger charge is -2.13. The van der Waals surface area contributed by atoms with Crippen LogP contribution in [0.3, 0.4) is 0 Å². The molecule has 11 heteroatoms. The minimum atomic E-state index is -5.26. The molecule has 0 saturated heterocycles. The summed E-state index contributed by atoms with van der Waals surface area (Å²) in [5, 5.41) is 4.57. The van der Waals surface area contributed by atoms with Gasteiger partial charge in [0.25, 0.3) is 0 Å². The van der Waals surface area contributed by atoms with Crippen LogP contribution in [0.1, 0.15) is 5.56 Å². The van der Waals surface area contributed by atoms with Crippen molar-refractivity contribution >= 4 is 10.0 Å². The molecule has 0 saturated carbocycles. The molecule has 0 unspecified atom stereocenters. The molecule has 0 amide bonds. The standard InChI is InChI=1S/C8H5F6NO3S/c9-7(10,11)4-1-5(18-8(12,13)14)3-6(2-4)19(15,16)17/h1-3H,(H2,15,16,17). The number of hydrogen-bond donors (Lipinski definition) is 1. The first-order valence-corrected chi connectivity index (χ1v) is 5.84. The van der Waals surface area contributed by atoms with Gasteiger partial charge in [-0.1, -0.05) is 0 Å². The van der Waals surface area contributed by atoms with E-state index < -0.39 is 38.8 Å². The highest BCUT2D eigenvalue weighted by Gasteiger charge is 2.35. The molecule has 0 aliphatic rings. The van der Waals surface area contributed by atoms with Gasteiger partial charge in [-0.05, 0) is 12.1 Å². The van der Waals surface area contributed by atoms with Gasteiger partial charge in [0, 0.05) is 6.07 Å². The first-order valence-electron chi connectivity index (χ1n) is 4.30. The van der Waals surface area contributed by atoms with E-state index >= 15 is 0 Å². The second kappa shape index (κ2) is 4.56. The zero-order chi connectivity index (χ0) is 15.1. The van der Waals surface area contributed by atoms with Crippen molar-refractivity contribution in [1.29, 1.82) is 0 Å². The van der Waals surface area contributed by atoms with Crippen LogP contribution in [0, 0.1) is 0 Å². The number of primary sulfonamides is 1. The topological polar surface area (TPSA) is 69.4 Å². The van der Waals surface area contributed by atoms with E-state index in [1.165, 1.54) is 0 Å². The van der Waals surface area contributed by atoms with Crippen LogP contribution in [0.15, 0.2) is 23.1 Å². The van der Waals surface area contributed by atoms with E-state index in [2.05, 4.69) is 9.88 Å². The van der Waals surface area contributed by atoms with Crippen LogP contribution in [0.2, 0.25) is 0 Å². The molecule has 2 N–H and O–H groups in total. The van der Waals surface area contributed by atoms with Gasteiger partial charge in [0.1, 0.15) is 5.75 Å². The highest BCUT2D eigenvalue weighted by molar-refractivity contribution is 7.89. The van der Waals surface area contributed by atoms with Crippen molar-refractivity contribution in [2.75, 3.05) is 0 Å². The fraction of sp³-hybridized carbons (Fsp3) is 0.250. The Bertz CT molecular complexity index is 577. The van der Waals surface area contributed by atoms with Crippen LogP contribution in [-0.2, 0) is 16.2 Å². The van der Waals surface area contributed by atoms with Gasteiger partial charge in [0.2, 0.25) is 10.0 Å². The summed E-state index contributed by atoms with van der Waals surface area (Å²) in [5.41, 5.74) is -1.63. The van der Waals surface area contributed by atoms with Crippen molar-refractivity contribution in [2.24, 2.45) is 5.14 Å². The summed E-state index contributed by atoms with van der Waals surface area (Å²) < 4.78 is 98.0. The van der Waals surface area contributed by atoms with Crippen LogP contribution >= 0.6 is 0 Å². The maximum Gasteiger partial charge on any atom is 0.573 e. The summed E-state index contributed by atoms with van der Waals surface area (Å²) in [6.07, 6.45) is -10.3. The van der Waals surface area contributed by atoms with Crippen LogP contribution < -0.4 is 9.88 Å². The minimum Gasteiger partial charge on any atom is -0.406 e. The lowest BCUT2D eigenvalue weighted by Crippen LogP contribution is -2.19. The summed E-state index contributed by atoms with van der Waals surface area (Å²) >= 11 is 0. The highest BCUT2D eigenvalue weighted by atomic mass is 32.2. The average Bonchev–Trinajstić information content (AvgIpc) is 2.11. The van der Waals surface area contributed by atoms with Gasteiger partial charge in [-0.3, -0.25) is 0 Å². The lowest BCUT2D eigenvalue weighted by molar-refractivity contribution is -0.274. The molecule has 0 fully saturated rings. The van der Waals surface area contributed by atoms with Crippen LogP contribution in [0.25, 0.3) is 0 Å². The average molecular weight is 309 g/mol. The SMILES string of the molecule is NS(=O)(=O)c1cc(OC(F)(F)F)cc(C(F)(F)F)c1. The summed E-state index contributed by atoms with van der Waals surface area (Å²) in [6, 6.07) is 0.374. The van der Waals surface area contributed by atoms with E-state index in [0.29, 0.717) is 0 Å². The Morgan fingerprint density at radius 3 is 1.89 bits per heavy atom. The van der Waals surface area contributed by atoms with Crippen LogP contribution in [-0.4, -0.2) is 14.8 Å². The van der Waals surface area contributed by atoms with E-state index in [1.807, 2.05) is 0 Å². The molecule has 0 bridgehead atoms. The van der Waals surface area contributed by atoms with Gasteiger partial charge < -0.3 is 4.74 Å². The Kier molecular flexibility index (Phi) is 3.74. The van der Waals surface area contributed by atoms with Crippen LogP contribution in [0.4, 0.5) is 26.3 Å². The Hall–Kier alpha value is -1.49. The highest BCUT2D eigenvalue weighted by Crippen LogP contribution is 2.35. The molecule has 0 atom stereocenters. The largest absolute Gasteiger partial charge is 0.573 e. The van der Waals surface area contributed by atoms with Crippen molar-refractivity contribution in [1.82, 2.24) is 0 Å². The Balaban J connectivity index is 3.42. The fourth-order valence-electron chi connectivity index (χ4n) is 1.09. The number of benzene rings is 1. The van der Waals surface area contributed by atoms with Gasteiger partial charge in [-0.25, -0.2) is 13.6 Å². The molecule has 0 aromatic heterocycles. The first-order chi connectivity index (χ1) is 8.29. The summed E-state index contributed by atoms with van der Waals surface area (Å²) in [6.45, 7) is 0. The fourth-order valence-corrected chi connectivity index (χ4v) is 1.66. The van der Waals surface area contributed by atoms with Crippen molar-refractivity contribution in [3.8, 4) is 5.75 Å². The predicted molar refractivity (Wildman–Crippen MR) is 49.5 cm³/mol. The summed E-state index contributed by atoms with van der Waals surface area (Å²) in [7, 11) is -4.61. The van der Waals surface area contributed by atoms with Crippen molar-refractivity contribution in [3.63, 3.8) is 0 Å². The molecule has 19 heavy (non-hydrogen) atoms. The molecule has 0 aliphatic carbocycles. The normalized spacial score (nSPS) is 13.4. The quantitative estimate of drug-likeness (QED) is 0.852. The maximum absolute atomic E-state index is 12.4. The zero-order valence-corrected chi connectivity index (χ0v) is 9.53. The Morgan fingerprint density at radius 1 is 1.00 bits per heavy atom.